The second-order valence-corrected chi connectivity index (χ2v) is 14.7. The van der Waals surface area contributed by atoms with Gasteiger partial charge in [0.2, 0.25) is 0 Å². The molecule has 12 rings (SSSR count). The van der Waals surface area contributed by atoms with Crippen molar-refractivity contribution in [2.24, 2.45) is 0 Å². The summed E-state index contributed by atoms with van der Waals surface area (Å²) in [5.41, 5.74) is 19.4. The number of hydrogen-bond donors (Lipinski definition) is 0. The largest absolute Gasteiger partial charge is 0.375 e. The maximum atomic E-state index is 2.67. The summed E-state index contributed by atoms with van der Waals surface area (Å²) in [6.45, 7) is 4.51. The lowest BCUT2D eigenvalue weighted by Crippen LogP contribution is -2.53. The average molecular weight is 647 g/mol. The van der Waals surface area contributed by atoms with E-state index in [1.54, 1.807) is 0 Å². The van der Waals surface area contributed by atoms with Crippen LogP contribution in [0.25, 0.3) is 93.5 Å². The molecule has 51 heavy (non-hydrogen) atoms. The summed E-state index contributed by atoms with van der Waals surface area (Å²) in [4.78, 5) is 0. The molecule has 0 atom stereocenters. The molecule has 4 heterocycles. The minimum atomic E-state index is 0.119. The van der Waals surface area contributed by atoms with Gasteiger partial charge in [0.25, 0.3) is 0 Å². The number of benzene rings is 8. The number of fused-ring (bicyclic) bond motifs is 11. The van der Waals surface area contributed by atoms with Gasteiger partial charge in [-0.25, -0.2) is 0 Å². The lowest BCUT2D eigenvalue weighted by atomic mass is 9.45. The first kappa shape index (κ1) is 27.5. The fourth-order valence-electron chi connectivity index (χ4n) is 9.56. The Bertz CT molecular complexity index is 3120. The molecule has 0 amide bonds. The van der Waals surface area contributed by atoms with Gasteiger partial charge in [-0.15, -0.1) is 0 Å². The maximum absolute atomic E-state index is 2.67. The zero-order valence-corrected chi connectivity index (χ0v) is 28.4. The minimum Gasteiger partial charge on any atom is -0.375 e. The van der Waals surface area contributed by atoms with Crippen LogP contribution in [0.4, 0.5) is 0 Å². The van der Waals surface area contributed by atoms with E-state index in [-0.39, 0.29) is 6.85 Å². The Morgan fingerprint density at radius 2 is 1.00 bits per heavy atom. The second-order valence-electron chi connectivity index (χ2n) is 14.7. The van der Waals surface area contributed by atoms with Crippen molar-refractivity contribution in [3.05, 3.63) is 163 Å². The van der Waals surface area contributed by atoms with E-state index < -0.39 is 0 Å². The molecule has 10 aromatic rings. The van der Waals surface area contributed by atoms with Crippen LogP contribution in [0.15, 0.2) is 152 Å². The van der Waals surface area contributed by atoms with E-state index in [2.05, 4.69) is 175 Å². The lowest BCUT2D eigenvalue weighted by Gasteiger charge is -2.32. The molecule has 0 saturated carbocycles. The first-order chi connectivity index (χ1) is 25.1. The monoisotopic (exact) mass is 646 g/mol. The summed E-state index contributed by atoms with van der Waals surface area (Å²) in [5.74, 6) is 0. The van der Waals surface area contributed by atoms with Gasteiger partial charge in [-0.3, -0.25) is 0 Å². The van der Waals surface area contributed by atoms with E-state index in [0.29, 0.717) is 0 Å². The van der Waals surface area contributed by atoms with Gasteiger partial charge < -0.3 is 9.05 Å². The highest BCUT2D eigenvalue weighted by molar-refractivity contribution is 6.88. The molecule has 236 valence electrons. The molecule has 0 spiro atoms. The van der Waals surface area contributed by atoms with Crippen molar-refractivity contribution in [1.82, 2.24) is 9.05 Å². The van der Waals surface area contributed by atoms with Crippen LogP contribution < -0.4 is 10.9 Å². The maximum Gasteiger partial charge on any atom is 0.329 e. The first-order valence-electron chi connectivity index (χ1n) is 18.0. The molecule has 2 aliphatic heterocycles. The number of rotatable bonds is 2. The number of aryl methyl sites for hydroxylation is 2. The van der Waals surface area contributed by atoms with Crippen molar-refractivity contribution in [2.45, 2.75) is 13.8 Å². The molecule has 0 saturated heterocycles. The molecule has 0 aliphatic carbocycles. The zero-order valence-electron chi connectivity index (χ0n) is 28.4. The summed E-state index contributed by atoms with van der Waals surface area (Å²) in [5, 5.41) is 7.76. The molecule has 0 N–H and O–H groups in total. The Hall–Kier alpha value is -6.32. The van der Waals surface area contributed by atoms with Gasteiger partial charge in [0, 0.05) is 49.4 Å². The Balaban J connectivity index is 1.26. The van der Waals surface area contributed by atoms with Gasteiger partial charge in [0.15, 0.2) is 0 Å². The quantitative estimate of drug-likeness (QED) is 0.165. The average Bonchev–Trinajstić information content (AvgIpc) is 3.67. The van der Waals surface area contributed by atoms with Gasteiger partial charge in [-0.1, -0.05) is 108 Å². The van der Waals surface area contributed by atoms with Crippen LogP contribution >= 0.6 is 0 Å². The standard InChI is InChI=1S/C48H31BN2/c1-28-15-19-45-37(21-28)38-22-29(2)16-20-46(38)50(45)34-26-41-36-12-6-8-14-44(36)49-43-13-7-5-11-35(43)39-24-33(25-40-42(27-34)48(41)51(49)47(39)40)32-18-17-30-9-3-4-10-31(30)23-32/h3-27H,1-2H3. The van der Waals surface area contributed by atoms with Crippen molar-refractivity contribution in [2.75, 3.05) is 0 Å². The third-order valence-corrected chi connectivity index (χ3v) is 11.7. The molecule has 2 aliphatic rings. The fraction of sp³-hybridized carbons (Fsp3) is 0.0417. The highest BCUT2D eigenvalue weighted by Gasteiger charge is 2.39. The molecule has 0 bridgehead atoms. The Kier molecular flexibility index (Phi) is 5.22. The Morgan fingerprint density at radius 3 is 1.69 bits per heavy atom. The van der Waals surface area contributed by atoms with Crippen molar-refractivity contribution in [3.8, 4) is 39.1 Å². The molecule has 0 radical (unpaired) electrons. The van der Waals surface area contributed by atoms with Gasteiger partial charge in [-0.05, 0) is 112 Å². The van der Waals surface area contributed by atoms with Crippen LogP contribution in [0.5, 0.6) is 0 Å². The highest BCUT2D eigenvalue weighted by Crippen LogP contribution is 2.48. The van der Waals surface area contributed by atoms with Crippen molar-refractivity contribution in [3.63, 3.8) is 0 Å². The van der Waals surface area contributed by atoms with E-state index >= 15 is 0 Å². The topological polar surface area (TPSA) is 9.86 Å². The van der Waals surface area contributed by atoms with Crippen LogP contribution in [0.3, 0.4) is 0 Å². The molecule has 2 aromatic heterocycles. The number of aromatic nitrogens is 2. The summed E-state index contributed by atoms with van der Waals surface area (Å²) < 4.78 is 5.17. The molecule has 2 nitrogen and oxygen atoms in total. The van der Waals surface area contributed by atoms with Crippen molar-refractivity contribution >= 4 is 72.2 Å². The van der Waals surface area contributed by atoms with Gasteiger partial charge in [0.1, 0.15) is 0 Å². The Morgan fingerprint density at radius 1 is 0.412 bits per heavy atom. The van der Waals surface area contributed by atoms with Crippen molar-refractivity contribution < 1.29 is 0 Å². The van der Waals surface area contributed by atoms with Crippen LogP contribution in [0.2, 0.25) is 0 Å². The molecular weight excluding hydrogens is 615 g/mol. The molecular formula is C48H31BN2. The minimum absolute atomic E-state index is 0.119. The SMILES string of the molecule is Cc1ccc2c(c1)c1cc(C)ccc1n2-c1cc2c3c(c1)c1cc(-c4ccc5ccccc5c4)cc4c1n3B(c1ccccc1-4)c1ccccc1-2. The number of nitrogens with zero attached hydrogens (tertiary/aromatic N) is 2. The zero-order chi connectivity index (χ0) is 33.5. The molecule has 8 aromatic carbocycles. The molecule has 0 fully saturated rings. The Labute approximate surface area is 295 Å². The molecule has 3 heteroatoms. The van der Waals surface area contributed by atoms with E-state index in [1.165, 1.54) is 116 Å². The third-order valence-electron chi connectivity index (χ3n) is 11.7. The van der Waals surface area contributed by atoms with Gasteiger partial charge in [0.05, 0.1) is 11.0 Å². The smallest absolute Gasteiger partial charge is 0.329 e. The van der Waals surface area contributed by atoms with Crippen LogP contribution in [0.1, 0.15) is 11.1 Å². The summed E-state index contributed by atoms with van der Waals surface area (Å²) >= 11 is 0. The van der Waals surface area contributed by atoms with E-state index in [1.807, 2.05) is 0 Å². The summed E-state index contributed by atoms with van der Waals surface area (Å²) in [6.07, 6.45) is 0. The van der Waals surface area contributed by atoms with Gasteiger partial charge >= 0.3 is 6.85 Å². The first-order valence-corrected chi connectivity index (χ1v) is 18.0. The molecule has 0 unspecified atom stereocenters. The van der Waals surface area contributed by atoms with Crippen LogP contribution in [-0.4, -0.2) is 15.9 Å². The van der Waals surface area contributed by atoms with Crippen LogP contribution in [0, 0.1) is 13.8 Å². The fourth-order valence-corrected chi connectivity index (χ4v) is 9.56. The third kappa shape index (κ3) is 3.58. The van der Waals surface area contributed by atoms with E-state index in [0.717, 1.165) is 0 Å². The van der Waals surface area contributed by atoms with E-state index in [9.17, 15) is 0 Å². The highest BCUT2D eigenvalue weighted by atomic mass is 15.0. The second kappa shape index (κ2) is 9.68. The predicted octanol–water partition coefficient (Wildman–Crippen LogP) is 10.9. The van der Waals surface area contributed by atoms with Crippen LogP contribution in [-0.2, 0) is 0 Å². The normalized spacial score (nSPS) is 12.9. The summed E-state index contributed by atoms with van der Waals surface area (Å²) in [6, 6.07) is 57.5. The summed E-state index contributed by atoms with van der Waals surface area (Å²) in [7, 11) is 0. The van der Waals surface area contributed by atoms with Crippen molar-refractivity contribution in [1.29, 1.82) is 0 Å². The predicted molar refractivity (Wildman–Crippen MR) is 217 cm³/mol. The van der Waals surface area contributed by atoms with Gasteiger partial charge in [-0.2, -0.15) is 0 Å². The van der Waals surface area contributed by atoms with E-state index in [4.69, 9.17) is 0 Å². The lowest BCUT2D eigenvalue weighted by molar-refractivity contribution is 1.18. The number of hydrogen-bond acceptors (Lipinski definition) is 0.